The topological polar surface area (TPSA) is 0 Å². The maximum atomic E-state index is 12.9. The van der Waals surface area contributed by atoms with E-state index in [1.54, 1.807) is 12.1 Å². The number of alkyl halides is 1. The molecule has 0 N–H and O–H groups in total. The van der Waals surface area contributed by atoms with Gasteiger partial charge in [0, 0.05) is 5.88 Å². The highest BCUT2D eigenvalue weighted by Gasteiger charge is 2.02. The molecule has 0 saturated carbocycles. The van der Waals surface area contributed by atoms with Gasteiger partial charge in [-0.05, 0) is 45.8 Å². The number of benzene rings is 1. The van der Waals surface area contributed by atoms with Crippen LogP contribution in [0.4, 0.5) is 4.39 Å². The smallest absolute Gasteiger partial charge is 0.137 e. The van der Waals surface area contributed by atoms with Gasteiger partial charge in [0.15, 0.2) is 0 Å². The van der Waals surface area contributed by atoms with Crippen molar-refractivity contribution >= 4 is 33.3 Å². The van der Waals surface area contributed by atoms with Gasteiger partial charge in [0.1, 0.15) is 5.82 Å². The zero-order valence-corrected chi connectivity index (χ0v) is 8.52. The Balaban J connectivity index is 2.89. The molecule has 4 heteroatoms. The Bertz CT molecular complexity index is 265. The van der Waals surface area contributed by atoms with Crippen molar-refractivity contribution in [2.24, 2.45) is 0 Å². The third kappa shape index (κ3) is 2.54. The SMILES string of the molecule is Fc1ccc(CCCl)cc1SCl. The van der Waals surface area contributed by atoms with Gasteiger partial charge in [-0.1, -0.05) is 6.07 Å². The van der Waals surface area contributed by atoms with Crippen LogP contribution in [0.25, 0.3) is 0 Å². The summed E-state index contributed by atoms with van der Waals surface area (Å²) in [7, 11) is 6.34. The van der Waals surface area contributed by atoms with Gasteiger partial charge >= 0.3 is 0 Å². The average Bonchev–Trinajstić information content (AvgIpc) is 2.09. The molecule has 0 saturated heterocycles. The van der Waals surface area contributed by atoms with E-state index in [0.29, 0.717) is 10.8 Å². The van der Waals surface area contributed by atoms with E-state index in [9.17, 15) is 4.39 Å². The minimum Gasteiger partial charge on any atom is -0.206 e. The second-order valence-corrected chi connectivity index (χ2v) is 3.72. The molecule has 0 unspecified atom stereocenters. The highest BCUT2D eigenvalue weighted by Crippen LogP contribution is 2.26. The van der Waals surface area contributed by atoms with E-state index < -0.39 is 0 Å². The Hall–Kier alpha value is 0.0800. The zero-order chi connectivity index (χ0) is 8.97. The summed E-state index contributed by atoms with van der Waals surface area (Å²) in [6.07, 6.45) is 0.742. The molecule has 0 amide bonds. The molecule has 0 bridgehead atoms. The Labute approximate surface area is 84.6 Å². The fourth-order valence-electron chi connectivity index (χ4n) is 0.872. The first kappa shape index (κ1) is 10.2. The first-order chi connectivity index (χ1) is 5.77. The second kappa shape index (κ2) is 4.95. The van der Waals surface area contributed by atoms with Crippen LogP contribution in [0.1, 0.15) is 5.56 Å². The summed E-state index contributed by atoms with van der Waals surface area (Å²) in [6, 6.07) is 4.84. The molecule has 0 heterocycles. The van der Waals surface area contributed by atoms with Crippen LogP contribution in [0.3, 0.4) is 0 Å². The van der Waals surface area contributed by atoms with Crippen LogP contribution in [0, 0.1) is 5.82 Å². The number of hydrogen-bond donors (Lipinski definition) is 0. The molecular formula is C8H7Cl2FS. The van der Waals surface area contributed by atoms with Crippen LogP contribution in [-0.2, 0) is 6.42 Å². The minimum absolute atomic E-state index is 0.284. The second-order valence-electron chi connectivity index (χ2n) is 2.28. The van der Waals surface area contributed by atoms with Crippen molar-refractivity contribution in [1.82, 2.24) is 0 Å². The van der Waals surface area contributed by atoms with Gasteiger partial charge in [0.2, 0.25) is 0 Å². The molecule has 0 radical (unpaired) electrons. The molecule has 0 aliphatic carbocycles. The number of halogens is 3. The number of aryl methyl sites for hydroxylation is 1. The lowest BCUT2D eigenvalue weighted by molar-refractivity contribution is 0.601. The van der Waals surface area contributed by atoms with Gasteiger partial charge in [0.05, 0.1) is 4.90 Å². The molecule has 0 aliphatic heterocycles. The van der Waals surface area contributed by atoms with E-state index in [0.717, 1.165) is 23.0 Å². The maximum Gasteiger partial charge on any atom is 0.137 e. The monoisotopic (exact) mass is 224 g/mol. The van der Waals surface area contributed by atoms with Gasteiger partial charge < -0.3 is 0 Å². The summed E-state index contributed by atoms with van der Waals surface area (Å²) < 4.78 is 12.9. The first-order valence-corrected chi connectivity index (χ1v) is 5.58. The predicted molar refractivity (Wildman–Crippen MR) is 52.5 cm³/mol. The Morgan fingerprint density at radius 3 is 2.75 bits per heavy atom. The molecule has 66 valence electrons. The fraction of sp³-hybridized carbons (Fsp3) is 0.250. The Kier molecular flexibility index (Phi) is 4.19. The first-order valence-electron chi connectivity index (χ1n) is 3.41. The van der Waals surface area contributed by atoms with Crippen molar-refractivity contribution in [2.75, 3.05) is 5.88 Å². The molecule has 0 aliphatic rings. The predicted octanol–water partition coefficient (Wildman–Crippen LogP) is 3.85. The highest BCUT2D eigenvalue weighted by atomic mass is 35.7. The number of rotatable bonds is 3. The largest absolute Gasteiger partial charge is 0.206 e. The van der Waals surface area contributed by atoms with Crippen molar-refractivity contribution in [3.05, 3.63) is 29.6 Å². The molecule has 0 spiro atoms. The number of hydrogen-bond acceptors (Lipinski definition) is 1. The van der Waals surface area contributed by atoms with Crippen LogP contribution in [0.15, 0.2) is 23.1 Å². The van der Waals surface area contributed by atoms with E-state index in [1.165, 1.54) is 6.07 Å². The molecule has 1 aromatic rings. The van der Waals surface area contributed by atoms with Crippen molar-refractivity contribution < 1.29 is 4.39 Å². The zero-order valence-electron chi connectivity index (χ0n) is 6.19. The van der Waals surface area contributed by atoms with E-state index in [-0.39, 0.29) is 5.82 Å². The Morgan fingerprint density at radius 1 is 1.42 bits per heavy atom. The summed E-state index contributed by atoms with van der Waals surface area (Å²) >= 11 is 5.54. The molecule has 0 nitrogen and oxygen atoms in total. The fourth-order valence-corrected chi connectivity index (χ4v) is 1.78. The van der Waals surface area contributed by atoms with E-state index in [1.807, 2.05) is 0 Å². The molecule has 12 heavy (non-hydrogen) atoms. The standard InChI is InChI=1S/C8H7Cl2FS/c9-4-3-6-1-2-7(11)8(5-6)12-10/h1-2,5H,3-4H2. The van der Waals surface area contributed by atoms with Gasteiger partial charge in [0.25, 0.3) is 0 Å². The third-order valence-electron chi connectivity index (χ3n) is 1.46. The van der Waals surface area contributed by atoms with Crippen molar-refractivity contribution in [3.63, 3.8) is 0 Å². The third-order valence-corrected chi connectivity index (χ3v) is 2.63. The maximum absolute atomic E-state index is 12.9. The highest BCUT2D eigenvalue weighted by molar-refractivity contribution is 8.21. The summed E-state index contributed by atoms with van der Waals surface area (Å²) in [5.74, 6) is 0.256. The lowest BCUT2D eigenvalue weighted by Crippen LogP contribution is -1.88. The normalized spacial score (nSPS) is 10.2. The van der Waals surface area contributed by atoms with Gasteiger partial charge in [-0.25, -0.2) is 4.39 Å². The van der Waals surface area contributed by atoms with Crippen LogP contribution in [0.5, 0.6) is 0 Å². The van der Waals surface area contributed by atoms with E-state index >= 15 is 0 Å². The van der Waals surface area contributed by atoms with E-state index in [4.69, 9.17) is 22.3 Å². The summed E-state index contributed by atoms with van der Waals surface area (Å²) in [5.41, 5.74) is 1.01. The molecule has 1 aromatic carbocycles. The van der Waals surface area contributed by atoms with Gasteiger partial charge in [-0.15, -0.1) is 11.6 Å². The van der Waals surface area contributed by atoms with E-state index in [2.05, 4.69) is 0 Å². The molecule has 0 aromatic heterocycles. The van der Waals surface area contributed by atoms with Crippen molar-refractivity contribution in [1.29, 1.82) is 0 Å². The molecule has 0 atom stereocenters. The van der Waals surface area contributed by atoms with Crippen molar-refractivity contribution in [2.45, 2.75) is 11.3 Å². The van der Waals surface area contributed by atoms with Crippen LogP contribution >= 0.6 is 33.3 Å². The lowest BCUT2D eigenvalue weighted by atomic mass is 10.2. The van der Waals surface area contributed by atoms with Gasteiger partial charge in [-0.3, -0.25) is 0 Å². The molecule has 1 rings (SSSR count). The summed E-state index contributed by atoms with van der Waals surface area (Å²) in [6.45, 7) is 0. The Morgan fingerprint density at radius 2 is 2.17 bits per heavy atom. The van der Waals surface area contributed by atoms with Crippen LogP contribution in [-0.4, -0.2) is 5.88 Å². The van der Waals surface area contributed by atoms with Crippen molar-refractivity contribution in [3.8, 4) is 0 Å². The summed E-state index contributed by atoms with van der Waals surface area (Å²) in [5, 5.41) is 0. The molecular weight excluding hydrogens is 218 g/mol. The van der Waals surface area contributed by atoms with Crippen LogP contribution < -0.4 is 0 Å². The molecule has 0 fully saturated rings. The van der Waals surface area contributed by atoms with Gasteiger partial charge in [-0.2, -0.15) is 0 Å². The minimum atomic E-state index is -0.284. The van der Waals surface area contributed by atoms with Crippen LogP contribution in [0.2, 0.25) is 0 Å². The lowest BCUT2D eigenvalue weighted by Gasteiger charge is -2.00. The average molecular weight is 225 g/mol. The quantitative estimate of drug-likeness (QED) is 0.704. The summed E-state index contributed by atoms with van der Waals surface area (Å²) in [4.78, 5) is 0.458.